The molecule has 0 aromatic heterocycles. The second-order valence-corrected chi connectivity index (χ2v) is 6.06. The number of esters is 1. The van der Waals surface area contributed by atoms with Crippen LogP contribution in [0.1, 0.15) is 36.0 Å². The second kappa shape index (κ2) is 6.43. The van der Waals surface area contributed by atoms with Gasteiger partial charge < -0.3 is 10.1 Å². The quantitative estimate of drug-likeness (QED) is 0.499. The van der Waals surface area contributed by atoms with Crippen molar-refractivity contribution >= 4 is 23.7 Å². The molecule has 0 atom stereocenters. The number of hydrogen-bond acceptors (Lipinski definition) is 5. The molecule has 7 nitrogen and oxygen atoms in total. The maximum absolute atomic E-state index is 12.4. The Morgan fingerprint density at radius 2 is 1.79 bits per heavy atom. The first-order valence-corrected chi connectivity index (χ1v) is 7.90. The van der Waals surface area contributed by atoms with Crippen LogP contribution in [-0.4, -0.2) is 47.3 Å². The predicted molar refractivity (Wildman–Crippen MR) is 83.2 cm³/mol. The van der Waals surface area contributed by atoms with E-state index in [4.69, 9.17) is 4.74 Å². The zero-order chi connectivity index (χ0) is 17.2. The van der Waals surface area contributed by atoms with E-state index in [-0.39, 0.29) is 11.7 Å². The van der Waals surface area contributed by atoms with E-state index in [0.717, 1.165) is 17.7 Å². The Morgan fingerprint density at radius 1 is 1.12 bits per heavy atom. The molecule has 0 bridgehead atoms. The van der Waals surface area contributed by atoms with Crippen LogP contribution >= 0.6 is 0 Å². The number of Topliss-reactive ketones (excluding diaryl/α,β-unsaturated/α-hetero) is 1. The van der Waals surface area contributed by atoms with Crippen molar-refractivity contribution in [2.75, 3.05) is 13.2 Å². The number of benzene rings is 1. The molecule has 2 aliphatic rings. The number of urea groups is 1. The van der Waals surface area contributed by atoms with Crippen molar-refractivity contribution in [3.8, 4) is 0 Å². The number of imide groups is 1. The Kier molecular flexibility index (Phi) is 4.33. The molecule has 3 rings (SSSR count). The zero-order valence-corrected chi connectivity index (χ0v) is 13.1. The van der Waals surface area contributed by atoms with Gasteiger partial charge in [-0.3, -0.25) is 19.3 Å². The highest BCUT2D eigenvalue weighted by Crippen LogP contribution is 2.34. The maximum Gasteiger partial charge on any atom is 0.326 e. The summed E-state index contributed by atoms with van der Waals surface area (Å²) in [6, 6.07) is 7.87. The van der Waals surface area contributed by atoms with E-state index in [9.17, 15) is 19.2 Å². The van der Waals surface area contributed by atoms with Crippen molar-refractivity contribution in [3.63, 3.8) is 0 Å². The number of nitrogens with zero attached hydrogens (tertiary/aromatic N) is 1. The molecule has 1 saturated heterocycles. The molecular weight excluding hydrogens is 312 g/mol. The van der Waals surface area contributed by atoms with Crippen LogP contribution in [0.2, 0.25) is 0 Å². The molecule has 0 radical (unpaired) electrons. The molecule has 7 heteroatoms. The highest BCUT2D eigenvalue weighted by Gasteiger charge is 2.52. The summed E-state index contributed by atoms with van der Waals surface area (Å²) < 4.78 is 4.91. The summed E-state index contributed by atoms with van der Waals surface area (Å²) in [5, 5.41) is 2.69. The number of ether oxygens (including phenoxy) is 1. The van der Waals surface area contributed by atoms with E-state index in [1.807, 2.05) is 0 Å². The van der Waals surface area contributed by atoms with E-state index >= 15 is 0 Å². The molecule has 24 heavy (non-hydrogen) atoms. The summed E-state index contributed by atoms with van der Waals surface area (Å²) in [5.74, 6) is -1.50. The van der Waals surface area contributed by atoms with Crippen LogP contribution in [-0.2, 0) is 14.3 Å². The first-order chi connectivity index (χ1) is 11.5. The third kappa shape index (κ3) is 3.02. The first-order valence-electron chi connectivity index (χ1n) is 7.90. The molecule has 2 fully saturated rings. The lowest BCUT2D eigenvalue weighted by Crippen LogP contribution is -2.44. The normalized spacial score (nSPS) is 18.8. The van der Waals surface area contributed by atoms with Gasteiger partial charge in [-0.2, -0.15) is 0 Å². The molecule has 1 aromatic carbocycles. The molecule has 1 N–H and O–H groups in total. The number of nitrogens with one attached hydrogen (secondary N) is 1. The highest BCUT2D eigenvalue weighted by atomic mass is 16.5. The number of carbonyl (C=O) groups is 4. The molecule has 1 saturated carbocycles. The number of amides is 3. The average Bonchev–Trinajstić information content (AvgIpc) is 3.14. The van der Waals surface area contributed by atoms with Gasteiger partial charge in [0.2, 0.25) is 0 Å². The van der Waals surface area contributed by atoms with Crippen molar-refractivity contribution in [2.24, 2.45) is 0 Å². The van der Waals surface area contributed by atoms with Crippen molar-refractivity contribution in [1.29, 1.82) is 0 Å². The molecule has 1 aliphatic heterocycles. The van der Waals surface area contributed by atoms with E-state index in [1.54, 1.807) is 30.3 Å². The summed E-state index contributed by atoms with van der Waals surface area (Å²) >= 11 is 0. The SMILES string of the molecule is O=C(CN1C(=O)NC2(CCCC2)C1=O)OCC(=O)c1ccccc1. The van der Waals surface area contributed by atoms with E-state index < -0.39 is 30.7 Å². The Morgan fingerprint density at radius 3 is 2.46 bits per heavy atom. The third-order valence-corrected chi connectivity index (χ3v) is 4.45. The largest absolute Gasteiger partial charge is 0.456 e. The smallest absolute Gasteiger partial charge is 0.326 e. The average molecular weight is 330 g/mol. The molecular formula is C17H18N2O5. The van der Waals surface area contributed by atoms with Gasteiger partial charge in [0.15, 0.2) is 12.4 Å². The lowest BCUT2D eigenvalue weighted by atomic mass is 9.98. The molecule has 3 amide bonds. The van der Waals surface area contributed by atoms with Crippen LogP contribution in [0.3, 0.4) is 0 Å². The van der Waals surface area contributed by atoms with Gasteiger partial charge >= 0.3 is 12.0 Å². The third-order valence-electron chi connectivity index (χ3n) is 4.45. The van der Waals surface area contributed by atoms with Crippen LogP contribution in [0, 0.1) is 0 Å². The molecule has 1 aliphatic carbocycles. The summed E-state index contributed by atoms with van der Waals surface area (Å²) in [4.78, 5) is 49.0. The standard InChI is InChI=1S/C17H18N2O5/c20-13(12-6-2-1-3-7-12)11-24-14(21)10-19-15(22)17(18-16(19)23)8-4-5-9-17/h1-3,6-7H,4-5,8-11H2,(H,18,23). The van der Waals surface area contributed by atoms with Gasteiger partial charge in [-0.25, -0.2) is 4.79 Å². The minimum absolute atomic E-state index is 0.339. The topological polar surface area (TPSA) is 92.8 Å². The van der Waals surface area contributed by atoms with Gasteiger partial charge in [0.05, 0.1) is 0 Å². The Bertz CT molecular complexity index is 679. The fourth-order valence-electron chi connectivity index (χ4n) is 3.17. The summed E-state index contributed by atoms with van der Waals surface area (Å²) in [6.07, 6.45) is 2.93. The number of rotatable bonds is 5. The molecule has 1 heterocycles. The van der Waals surface area contributed by atoms with Gasteiger partial charge in [0.1, 0.15) is 12.1 Å². The molecule has 126 valence electrons. The fourth-order valence-corrected chi connectivity index (χ4v) is 3.17. The minimum Gasteiger partial charge on any atom is -0.456 e. The zero-order valence-electron chi connectivity index (χ0n) is 13.1. The lowest BCUT2D eigenvalue weighted by molar-refractivity contribution is -0.146. The maximum atomic E-state index is 12.4. The van der Waals surface area contributed by atoms with Gasteiger partial charge in [0.25, 0.3) is 5.91 Å². The van der Waals surface area contributed by atoms with Gasteiger partial charge in [0, 0.05) is 5.56 Å². The van der Waals surface area contributed by atoms with Crippen LogP contribution in [0.15, 0.2) is 30.3 Å². The summed E-state index contributed by atoms with van der Waals surface area (Å²) in [5.41, 5.74) is -0.415. The first kappa shape index (κ1) is 16.2. The van der Waals surface area contributed by atoms with Crippen molar-refractivity contribution in [3.05, 3.63) is 35.9 Å². The fraction of sp³-hybridized carbons (Fsp3) is 0.412. The van der Waals surface area contributed by atoms with Gasteiger partial charge in [-0.1, -0.05) is 43.2 Å². The number of carbonyl (C=O) groups excluding carboxylic acids is 4. The van der Waals surface area contributed by atoms with E-state index in [2.05, 4.69) is 5.32 Å². The lowest BCUT2D eigenvalue weighted by Gasteiger charge is -2.19. The predicted octanol–water partition coefficient (Wildman–Crippen LogP) is 1.28. The molecule has 1 spiro atoms. The Balaban J connectivity index is 1.54. The van der Waals surface area contributed by atoms with Crippen molar-refractivity contribution in [1.82, 2.24) is 10.2 Å². The molecule has 1 aromatic rings. The van der Waals surface area contributed by atoms with Gasteiger partial charge in [-0.15, -0.1) is 0 Å². The summed E-state index contributed by atoms with van der Waals surface area (Å²) in [6.45, 7) is -0.897. The van der Waals surface area contributed by atoms with Crippen LogP contribution in [0.5, 0.6) is 0 Å². The molecule has 0 unspecified atom stereocenters. The van der Waals surface area contributed by atoms with Crippen LogP contribution < -0.4 is 5.32 Å². The van der Waals surface area contributed by atoms with E-state index in [0.29, 0.717) is 18.4 Å². The second-order valence-electron chi connectivity index (χ2n) is 6.06. The van der Waals surface area contributed by atoms with E-state index in [1.165, 1.54) is 0 Å². The van der Waals surface area contributed by atoms with Gasteiger partial charge in [-0.05, 0) is 12.8 Å². The van der Waals surface area contributed by atoms with Crippen LogP contribution in [0.25, 0.3) is 0 Å². The highest BCUT2D eigenvalue weighted by molar-refractivity contribution is 6.09. The number of ketones is 1. The Hall–Kier alpha value is -2.70. The number of hydrogen-bond donors (Lipinski definition) is 1. The monoisotopic (exact) mass is 330 g/mol. The van der Waals surface area contributed by atoms with Crippen molar-refractivity contribution in [2.45, 2.75) is 31.2 Å². The Labute approximate surface area is 139 Å². The summed E-state index contributed by atoms with van der Waals surface area (Å²) in [7, 11) is 0. The van der Waals surface area contributed by atoms with Crippen molar-refractivity contribution < 1.29 is 23.9 Å². The minimum atomic E-state index is -0.850. The van der Waals surface area contributed by atoms with Crippen LogP contribution in [0.4, 0.5) is 4.79 Å².